The topological polar surface area (TPSA) is 56.0 Å². The molecule has 2 N–H and O–H groups in total. The lowest BCUT2D eigenvalue weighted by Crippen LogP contribution is -2.38. The maximum Gasteiger partial charge on any atom is 0.169 e. The molecule has 2 unspecified atom stereocenters. The van der Waals surface area contributed by atoms with Crippen molar-refractivity contribution in [3.63, 3.8) is 0 Å². The van der Waals surface area contributed by atoms with Crippen molar-refractivity contribution in [1.29, 1.82) is 0 Å². The van der Waals surface area contributed by atoms with Gasteiger partial charge in [0.25, 0.3) is 0 Å². The molecule has 0 radical (unpaired) electrons. The Kier molecular flexibility index (Phi) is 3.34. The molecule has 1 aromatic heterocycles. The van der Waals surface area contributed by atoms with Crippen LogP contribution in [0.5, 0.6) is 0 Å². The molecular formula is C13H18N2O. The van der Waals surface area contributed by atoms with Gasteiger partial charge in [0, 0.05) is 29.9 Å². The van der Waals surface area contributed by atoms with E-state index in [1.54, 1.807) is 12.4 Å². The van der Waals surface area contributed by atoms with Gasteiger partial charge >= 0.3 is 0 Å². The Morgan fingerprint density at radius 1 is 1.44 bits per heavy atom. The number of rotatable bonds is 2. The Bertz CT molecular complexity index is 389. The third-order valence-electron chi connectivity index (χ3n) is 3.46. The van der Waals surface area contributed by atoms with E-state index < -0.39 is 0 Å². The summed E-state index contributed by atoms with van der Waals surface area (Å²) in [7, 11) is 0. The predicted molar refractivity (Wildman–Crippen MR) is 63.2 cm³/mol. The highest BCUT2D eigenvalue weighted by atomic mass is 16.1. The molecule has 0 spiro atoms. The molecule has 3 heteroatoms. The molecule has 1 aromatic rings. The summed E-state index contributed by atoms with van der Waals surface area (Å²) in [5, 5.41) is 0. The minimum absolute atomic E-state index is 0.00310. The number of hydrogen-bond acceptors (Lipinski definition) is 3. The zero-order valence-electron chi connectivity index (χ0n) is 9.65. The first-order valence-corrected chi connectivity index (χ1v) is 5.90. The van der Waals surface area contributed by atoms with Gasteiger partial charge < -0.3 is 5.73 Å². The average molecular weight is 218 g/mol. The van der Waals surface area contributed by atoms with Gasteiger partial charge in [-0.3, -0.25) is 9.78 Å². The number of aromatic nitrogens is 1. The summed E-state index contributed by atoms with van der Waals surface area (Å²) in [6.07, 6.45) is 7.54. The van der Waals surface area contributed by atoms with Gasteiger partial charge in [0.1, 0.15) is 0 Å². The monoisotopic (exact) mass is 218 g/mol. The van der Waals surface area contributed by atoms with E-state index in [1.165, 1.54) is 0 Å². The van der Waals surface area contributed by atoms with Crippen LogP contribution in [0.25, 0.3) is 0 Å². The minimum Gasteiger partial charge on any atom is -0.327 e. The summed E-state index contributed by atoms with van der Waals surface area (Å²) < 4.78 is 0. The molecule has 1 aliphatic rings. The third kappa shape index (κ3) is 2.14. The molecule has 16 heavy (non-hydrogen) atoms. The van der Waals surface area contributed by atoms with Crippen LogP contribution in [0.4, 0.5) is 0 Å². The fourth-order valence-electron chi connectivity index (χ4n) is 2.41. The number of hydrogen-bond donors (Lipinski definition) is 1. The van der Waals surface area contributed by atoms with Crippen LogP contribution in [-0.2, 0) is 0 Å². The summed E-state index contributed by atoms with van der Waals surface area (Å²) in [5.74, 6) is 0.175. The van der Waals surface area contributed by atoms with E-state index in [0.29, 0.717) is 0 Å². The van der Waals surface area contributed by atoms with Crippen molar-refractivity contribution in [3.05, 3.63) is 29.6 Å². The van der Waals surface area contributed by atoms with Crippen LogP contribution in [0.2, 0.25) is 0 Å². The second-order valence-corrected chi connectivity index (χ2v) is 4.61. The molecule has 0 aliphatic heterocycles. The van der Waals surface area contributed by atoms with Crippen LogP contribution in [0.15, 0.2) is 18.5 Å². The third-order valence-corrected chi connectivity index (χ3v) is 3.46. The molecule has 1 saturated carbocycles. The number of nitrogens with two attached hydrogens (primary N) is 1. The number of carbonyl (C=O) groups is 1. The summed E-state index contributed by atoms with van der Waals surface area (Å²) in [4.78, 5) is 16.3. The van der Waals surface area contributed by atoms with Crippen LogP contribution in [0, 0.1) is 12.8 Å². The van der Waals surface area contributed by atoms with Gasteiger partial charge in [-0.05, 0) is 31.4 Å². The molecule has 0 bridgehead atoms. The molecule has 2 rings (SSSR count). The lowest BCUT2D eigenvalue weighted by molar-refractivity contribution is 0.0870. The quantitative estimate of drug-likeness (QED) is 0.773. The fraction of sp³-hybridized carbons (Fsp3) is 0.538. The van der Waals surface area contributed by atoms with E-state index in [2.05, 4.69) is 4.98 Å². The van der Waals surface area contributed by atoms with Crippen LogP contribution in [0.1, 0.15) is 41.6 Å². The second-order valence-electron chi connectivity index (χ2n) is 4.61. The van der Waals surface area contributed by atoms with Crippen molar-refractivity contribution in [2.24, 2.45) is 11.7 Å². The lowest BCUT2D eigenvalue weighted by atomic mass is 9.80. The fourth-order valence-corrected chi connectivity index (χ4v) is 2.41. The van der Waals surface area contributed by atoms with Crippen molar-refractivity contribution in [3.8, 4) is 0 Å². The van der Waals surface area contributed by atoms with E-state index in [-0.39, 0.29) is 17.7 Å². The molecular weight excluding hydrogens is 200 g/mol. The Morgan fingerprint density at radius 3 is 2.88 bits per heavy atom. The van der Waals surface area contributed by atoms with Gasteiger partial charge in [0.05, 0.1) is 0 Å². The maximum atomic E-state index is 12.3. The van der Waals surface area contributed by atoms with Crippen LogP contribution in [-0.4, -0.2) is 16.8 Å². The number of nitrogens with zero attached hydrogens (tertiary/aromatic N) is 1. The van der Waals surface area contributed by atoms with Crippen molar-refractivity contribution in [1.82, 2.24) is 4.98 Å². The molecule has 1 fully saturated rings. The van der Waals surface area contributed by atoms with Gasteiger partial charge in [-0.1, -0.05) is 12.8 Å². The Morgan fingerprint density at radius 2 is 2.19 bits per heavy atom. The highest BCUT2D eigenvalue weighted by Gasteiger charge is 2.29. The summed E-state index contributed by atoms with van der Waals surface area (Å²) >= 11 is 0. The van der Waals surface area contributed by atoms with E-state index in [9.17, 15) is 4.79 Å². The Balaban J connectivity index is 2.21. The zero-order valence-corrected chi connectivity index (χ0v) is 9.65. The number of ketones is 1. The van der Waals surface area contributed by atoms with E-state index >= 15 is 0 Å². The number of pyridine rings is 1. The van der Waals surface area contributed by atoms with Gasteiger partial charge in [-0.15, -0.1) is 0 Å². The van der Waals surface area contributed by atoms with Gasteiger partial charge in [0.15, 0.2) is 5.78 Å². The van der Waals surface area contributed by atoms with Crippen LogP contribution >= 0.6 is 0 Å². The van der Waals surface area contributed by atoms with Crippen LogP contribution < -0.4 is 5.73 Å². The van der Waals surface area contributed by atoms with E-state index in [1.807, 2.05) is 13.0 Å². The summed E-state index contributed by atoms with van der Waals surface area (Å²) in [6, 6.07) is 1.91. The smallest absolute Gasteiger partial charge is 0.169 e. The first-order chi connectivity index (χ1) is 7.70. The van der Waals surface area contributed by atoms with Crippen molar-refractivity contribution < 1.29 is 4.79 Å². The van der Waals surface area contributed by atoms with Crippen LogP contribution in [0.3, 0.4) is 0 Å². The van der Waals surface area contributed by atoms with E-state index in [4.69, 9.17) is 5.73 Å². The first kappa shape index (κ1) is 11.3. The maximum absolute atomic E-state index is 12.3. The predicted octanol–water partition coefficient (Wildman–Crippen LogP) is 2.09. The second kappa shape index (κ2) is 4.74. The van der Waals surface area contributed by atoms with Gasteiger partial charge in [0.2, 0.25) is 0 Å². The zero-order chi connectivity index (χ0) is 11.5. The molecule has 0 amide bonds. The highest BCUT2D eigenvalue weighted by molar-refractivity contribution is 5.99. The normalized spacial score (nSPS) is 25.4. The number of carbonyl (C=O) groups excluding carboxylic acids is 1. The van der Waals surface area contributed by atoms with Gasteiger partial charge in [-0.2, -0.15) is 0 Å². The average Bonchev–Trinajstić information content (AvgIpc) is 2.29. The molecule has 1 heterocycles. The Hall–Kier alpha value is -1.22. The largest absolute Gasteiger partial charge is 0.327 e. The van der Waals surface area contributed by atoms with Gasteiger partial charge in [-0.25, -0.2) is 0 Å². The lowest BCUT2D eigenvalue weighted by Gasteiger charge is -2.27. The van der Waals surface area contributed by atoms with Crippen molar-refractivity contribution in [2.45, 2.75) is 38.6 Å². The SMILES string of the molecule is Cc1ccncc1C(=O)C1CCCCC1N. The Labute approximate surface area is 96.1 Å². The summed E-state index contributed by atoms with van der Waals surface area (Å²) in [5.41, 5.74) is 7.76. The summed E-state index contributed by atoms with van der Waals surface area (Å²) in [6.45, 7) is 1.95. The molecule has 86 valence electrons. The first-order valence-electron chi connectivity index (χ1n) is 5.90. The van der Waals surface area contributed by atoms with E-state index in [0.717, 1.165) is 36.8 Å². The number of aryl methyl sites for hydroxylation is 1. The molecule has 1 aliphatic carbocycles. The number of Topliss-reactive ketones (excluding diaryl/α,β-unsaturated/α-hetero) is 1. The molecule has 0 saturated heterocycles. The molecule has 3 nitrogen and oxygen atoms in total. The van der Waals surface area contributed by atoms with Crippen molar-refractivity contribution >= 4 is 5.78 Å². The van der Waals surface area contributed by atoms with Crippen molar-refractivity contribution in [2.75, 3.05) is 0 Å². The molecule has 0 aromatic carbocycles. The minimum atomic E-state index is -0.00310. The highest BCUT2D eigenvalue weighted by Crippen LogP contribution is 2.26. The standard InChI is InChI=1S/C13H18N2O/c1-9-6-7-15-8-11(9)13(16)10-4-2-3-5-12(10)14/h6-8,10,12H,2-5,14H2,1H3. The molecule has 2 atom stereocenters.